The van der Waals surface area contributed by atoms with Gasteiger partial charge in [0.25, 0.3) is 0 Å². The van der Waals surface area contributed by atoms with Gasteiger partial charge in [-0.3, -0.25) is 0 Å². The average Bonchev–Trinajstić information content (AvgIpc) is 2.41. The molecule has 0 amide bonds. The second-order valence-corrected chi connectivity index (χ2v) is 5.06. The Morgan fingerprint density at radius 1 is 0.889 bits per heavy atom. The van der Waals surface area contributed by atoms with Gasteiger partial charge in [-0.25, -0.2) is 0 Å². The fraction of sp³-hybridized carbons (Fsp3) is 0.375. The largest absolute Gasteiger partial charge is 0.490 e. The molecule has 1 N–H and O–H groups in total. The maximum Gasteiger partial charge on any atom is 0.120 e. The smallest absolute Gasteiger partial charge is 0.120 e. The number of fused-ring (bicyclic) bond motifs is 1. The van der Waals surface area contributed by atoms with E-state index in [1.54, 1.807) is 0 Å². The minimum atomic E-state index is -0.124. The van der Waals surface area contributed by atoms with Crippen molar-refractivity contribution >= 4 is 10.8 Å². The second-order valence-electron chi connectivity index (χ2n) is 5.06. The lowest BCUT2D eigenvalue weighted by Crippen LogP contribution is -2.26. The molecular formula is C16H18O2. The van der Waals surface area contributed by atoms with E-state index in [0.717, 1.165) is 31.4 Å². The zero-order valence-corrected chi connectivity index (χ0v) is 10.4. The van der Waals surface area contributed by atoms with Crippen LogP contribution in [0.1, 0.15) is 25.7 Å². The molecule has 2 aromatic carbocycles. The van der Waals surface area contributed by atoms with Crippen LogP contribution < -0.4 is 4.74 Å². The van der Waals surface area contributed by atoms with Gasteiger partial charge < -0.3 is 9.84 Å². The molecule has 18 heavy (non-hydrogen) atoms. The maximum absolute atomic E-state index is 9.48. The molecule has 0 aliphatic heterocycles. The Balaban J connectivity index is 1.74. The van der Waals surface area contributed by atoms with Gasteiger partial charge in [0.2, 0.25) is 0 Å². The molecule has 3 rings (SSSR count). The van der Waals surface area contributed by atoms with Gasteiger partial charge in [-0.15, -0.1) is 0 Å². The van der Waals surface area contributed by atoms with Crippen LogP contribution in [0.4, 0.5) is 0 Å². The highest BCUT2D eigenvalue weighted by atomic mass is 16.5. The van der Waals surface area contributed by atoms with Crippen molar-refractivity contribution in [3.05, 3.63) is 42.5 Å². The third-order valence-corrected chi connectivity index (χ3v) is 3.67. The molecule has 1 fully saturated rings. The van der Waals surface area contributed by atoms with Gasteiger partial charge >= 0.3 is 0 Å². The molecule has 1 aliphatic carbocycles. The highest BCUT2D eigenvalue weighted by molar-refractivity contribution is 5.83. The molecule has 0 aromatic heterocycles. The predicted molar refractivity (Wildman–Crippen MR) is 72.8 cm³/mol. The molecule has 0 saturated heterocycles. The monoisotopic (exact) mass is 242 g/mol. The van der Waals surface area contributed by atoms with Crippen molar-refractivity contribution in [1.29, 1.82) is 0 Å². The molecule has 94 valence electrons. The Bertz CT molecular complexity index is 527. The Labute approximate surface area is 107 Å². The van der Waals surface area contributed by atoms with Crippen molar-refractivity contribution in [3.63, 3.8) is 0 Å². The lowest BCUT2D eigenvalue weighted by atomic mass is 9.95. The Hall–Kier alpha value is -1.54. The summed E-state index contributed by atoms with van der Waals surface area (Å²) in [6.07, 6.45) is 3.76. The van der Waals surface area contributed by atoms with E-state index in [1.165, 1.54) is 10.8 Å². The normalized spacial score (nSPS) is 24.1. The van der Waals surface area contributed by atoms with Gasteiger partial charge in [0, 0.05) is 0 Å². The van der Waals surface area contributed by atoms with Crippen LogP contribution >= 0.6 is 0 Å². The first-order valence-corrected chi connectivity index (χ1v) is 6.65. The first-order valence-electron chi connectivity index (χ1n) is 6.65. The second kappa shape index (κ2) is 4.99. The molecule has 0 heterocycles. The minimum absolute atomic E-state index is 0.124. The molecular weight excluding hydrogens is 224 g/mol. The lowest BCUT2D eigenvalue weighted by molar-refractivity contribution is 0.0666. The standard InChI is InChI=1S/C16H18O2/c17-14-6-9-15(10-7-14)18-16-8-5-12-3-1-2-4-13(12)11-16/h1-5,8,11,14-15,17H,6-7,9-10H2. The topological polar surface area (TPSA) is 29.5 Å². The number of aliphatic hydroxyl groups is 1. The Morgan fingerprint density at radius 3 is 2.39 bits per heavy atom. The van der Waals surface area contributed by atoms with E-state index >= 15 is 0 Å². The molecule has 2 nitrogen and oxygen atoms in total. The molecule has 1 saturated carbocycles. The average molecular weight is 242 g/mol. The van der Waals surface area contributed by atoms with E-state index in [9.17, 15) is 5.11 Å². The summed E-state index contributed by atoms with van der Waals surface area (Å²) < 4.78 is 6.00. The highest BCUT2D eigenvalue weighted by Crippen LogP contribution is 2.26. The van der Waals surface area contributed by atoms with Crippen molar-refractivity contribution < 1.29 is 9.84 Å². The molecule has 0 atom stereocenters. The van der Waals surface area contributed by atoms with E-state index in [2.05, 4.69) is 24.3 Å². The van der Waals surface area contributed by atoms with Crippen LogP contribution in [0.3, 0.4) is 0 Å². The summed E-state index contributed by atoms with van der Waals surface area (Å²) in [7, 11) is 0. The fourth-order valence-electron chi connectivity index (χ4n) is 2.60. The molecule has 1 aliphatic rings. The van der Waals surface area contributed by atoms with Gasteiger partial charge in [-0.2, -0.15) is 0 Å². The Kier molecular flexibility index (Phi) is 3.20. The third kappa shape index (κ3) is 2.49. The van der Waals surface area contributed by atoms with Gasteiger partial charge in [-0.1, -0.05) is 30.3 Å². The summed E-state index contributed by atoms with van der Waals surface area (Å²) in [5.74, 6) is 0.940. The molecule has 0 radical (unpaired) electrons. The van der Waals surface area contributed by atoms with Crippen LogP contribution in [0.15, 0.2) is 42.5 Å². The number of hydrogen-bond acceptors (Lipinski definition) is 2. The summed E-state index contributed by atoms with van der Waals surface area (Å²) in [5, 5.41) is 11.9. The number of benzene rings is 2. The van der Waals surface area contributed by atoms with Crippen molar-refractivity contribution in [2.75, 3.05) is 0 Å². The van der Waals surface area contributed by atoms with E-state index in [1.807, 2.05) is 18.2 Å². The number of hydrogen-bond donors (Lipinski definition) is 1. The number of aliphatic hydroxyl groups excluding tert-OH is 1. The summed E-state index contributed by atoms with van der Waals surface area (Å²) in [5.41, 5.74) is 0. The molecule has 2 heteroatoms. The molecule has 2 aromatic rings. The van der Waals surface area contributed by atoms with Crippen molar-refractivity contribution in [1.82, 2.24) is 0 Å². The molecule has 0 bridgehead atoms. The minimum Gasteiger partial charge on any atom is -0.490 e. The van der Waals surface area contributed by atoms with Crippen molar-refractivity contribution in [3.8, 4) is 5.75 Å². The van der Waals surface area contributed by atoms with Gasteiger partial charge in [0.05, 0.1) is 12.2 Å². The van der Waals surface area contributed by atoms with E-state index in [4.69, 9.17) is 4.74 Å². The van der Waals surface area contributed by atoms with Crippen LogP contribution in [0, 0.1) is 0 Å². The molecule has 0 unspecified atom stereocenters. The van der Waals surface area contributed by atoms with Crippen LogP contribution in [-0.4, -0.2) is 17.3 Å². The zero-order valence-electron chi connectivity index (χ0n) is 10.4. The first-order chi connectivity index (χ1) is 8.81. The number of ether oxygens (including phenoxy) is 1. The molecule has 0 spiro atoms. The van der Waals surface area contributed by atoms with E-state index in [0.29, 0.717) is 0 Å². The van der Waals surface area contributed by atoms with Gasteiger partial charge in [-0.05, 0) is 48.6 Å². The van der Waals surface area contributed by atoms with Crippen LogP contribution in [0.5, 0.6) is 5.75 Å². The fourth-order valence-corrected chi connectivity index (χ4v) is 2.60. The van der Waals surface area contributed by atoms with Crippen LogP contribution in [0.25, 0.3) is 10.8 Å². The quantitative estimate of drug-likeness (QED) is 0.873. The van der Waals surface area contributed by atoms with Crippen molar-refractivity contribution in [2.45, 2.75) is 37.9 Å². The predicted octanol–water partition coefficient (Wildman–Crippen LogP) is 3.52. The summed E-state index contributed by atoms with van der Waals surface area (Å²) in [4.78, 5) is 0. The highest BCUT2D eigenvalue weighted by Gasteiger charge is 2.20. The van der Waals surface area contributed by atoms with Crippen molar-refractivity contribution in [2.24, 2.45) is 0 Å². The van der Waals surface area contributed by atoms with Gasteiger partial charge in [0.1, 0.15) is 5.75 Å². The summed E-state index contributed by atoms with van der Waals surface area (Å²) in [6, 6.07) is 14.5. The van der Waals surface area contributed by atoms with E-state index in [-0.39, 0.29) is 12.2 Å². The third-order valence-electron chi connectivity index (χ3n) is 3.67. The van der Waals surface area contributed by atoms with E-state index < -0.39 is 0 Å². The SMILES string of the molecule is OC1CCC(Oc2ccc3ccccc3c2)CC1. The lowest BCUT2D eigenvalue weighted by Gasteiger charge is -2.26. The van der Waals surface area contributed by atoms with Gasteiger partial charge in [0.15, 0.2) is 0 Å². The zero-order chi connectivity index (χ0) is 12.4. The van der Waals surface area contributed by atoms with Crippen LogP contribution in [-0.2, 0) is 0 Å². The number of rotatable bonds is 2. The summed E-state index contributed by atoms with van der Waals surface area (Å²) >= 11 is 0. The maximum atomic E-state index is 9.48. The van der Waals surface area contributed by atoms with Crippen LogP contribution in [0.2, 0.25) is 0 Å². The summed E-state index contributed by atoms with van der Waals surface area (Å²) in [6.45, 7) is 0. The first kappa shape index (κ1) is 11.5. The Morgan fingerprint density at radius 2 is 1.61 bits per heavy atom.